The van der Waals surface area contributed by atoms with Crippen molar-refractivity contribution in [1.29, 1.82) is 0 Å². The van der Waals surface area contributed by atoms with Gasteiger partial charge in [-0.05, 0) is 48.2 Å². The van der Waals surface area contributed by atoms with E-state index in [-0.39, 0.29) is 11.5 Å². The first-order valence-electron chi connectivity index (χ1n) is 10.4. The van der Waals surface area contributed by atoms with Crippen LogP contribution in [0.4, 0.5) is 5.69 Å². The summed E-state index contributed by atoms with van der Waals surface area (Å²) in [4.78, 5) is 30.8. The number of anilines is 1. The molecule has 0 aliphatic rings. The van der Waals surface area contributed by atoms with Crippen LogP contribution in [0, 0.1) is 0 Å². The maximum atomic E-state index is 13.2. The first-order chi connectivity index (χ1) is 15.0. The molecule has 0 atom stereocenters. The number of carbonyl (C=O) groups is 1. The van der Waals surface area contributed by atoms with Crippen molar-refractivity contribution in [3.05, 3.63) is 76.3 Å². The maximum Gasteiger partial charge on any atom is 0.272 e. The number of benzene rings is 1. The molecule has 0 aliphatic heterocycles. The summed E-state index contributed by atoms with van der Waals surface area (Å²) in [5.41, 5.74) is 3.17. The van der Waals surface area contributed by atoms with Crippen LogP contribution in [0.2, 0.25) is 0 Å². The number of nitrogens with one attached hydrogen (secondary N) is 1. The third-order valence-electron chi connectivity index (χ3n) is 5.37. The SMILES string of the molecule is COCCCn1c(C(=O)Nc2ccc(C(C)C)cc2)cc2c(=O)n3ccccc3nc21. The van der Waals surface area contributed by atoms with Gasteiger partial charge in [-0.25, -0.2) is 4.98 Å². The average molecular weight is 418 g/mol. The molecule has 1 amide bonds. The van der Waals surface area contributed by atoms with Gasteiger partial charge in [-0.3, -0.25) is 14.0 Å². The summed E-state index contributed by atoms with van der Waals surface area (Å²) in [5.74, 6) is 0.141. The lowest BCUT2D eigenvalue weighted by molar-refractivity contribution is 0.101. The van der Waals surface area contributed by atoms with Crippen molar-refractivity contribution < 1.29 is 9.53 Å². The fourth-order valence-electron chi connectivity index (χ4n) is 3.68. The molecule has 4 aromatic rings. The van der Waals surface area contributed by atoms with Gasteiger partial charge in [0.2, 0.25) is 0 Å². The average Bonchev–Trinajstić information content (AvgIpc) is 3.13. The smallest absolute Gasteiger partial charge is 0.272 e. The van der Waals surface area contributed by atoms with Crippen LogP contribution < -0.4 is 10.9 Å². The van der Waals surface area contributed by atoms with E-state index in [0.717, 1.165) is 0 Å². The second-order valence-electron chi connectivity index (χ2n) is 7.84. The van der Waals surface area contributed by atoms with Gasteiger partial charge in [0.15, 0.2) is 0 Å². The van der Waals surface area contributed by atoms with Crippen LogP contribution >= 0.6 is 0 Å². The largest absolute Gasteiger partial charge is 0.385 e. The number of hydrogen-bond acceptors (Lipinski definition) is 4. The zero-order valence-corrected chi connectivity index (χ0v) is 18.0. The molecule has 1 aromatic carbocycles. The second kappa shape index (κ2) is 8.73. The van der Waals surface area contributed by atoms with Gasteiger partial charge in [-0.2, -0.15) is 0 Å². The molecule has 0 saturated carbocycles. The van der Waals surface area contributed by atoms with Crippen LogP contribution in [-0.2, 0) is 11.3 Å². The Bertz CT molecular complexity index is 1290. The predicted octanol–water partition coefficient (Wildman–Crippen LogP) is 4.06. The van der Waals surface area contributed by atoms with Gasteiger partial charge < -0.3 is 14.6 Å². The number of nitrogens with zero attached hydrogens (tertiary/aromatic N) is 3. The summed E-state index contributed by atoms with van der Waals surface area (Å²) in [7, 11) is 1.64. The van der Waals surface area contributed by atoms with Crippen molar-refractivity contribution in [2.24, 2.45) is 0 Å². The third-order valence-corrected chi connectivity index (χ3v) is 5.37. The molecular weight excluding hydrogens is 392 g/mol. The van der Waals surface area contributed by atoms with Crippen molar-refractivity contribution in [3.8, 4) is 0 Å². The number of hydrogen-bond donors (Lipinski definition) is 1. The highest BCUT2D eigenvalue weighted by molar-refractivity contribution is 6.06. The molecule has 0 unspecified atom stereocenters. The van der Waals surface area contributed by atoms with Gasteiger partial charge in [-0.1, -0.05) is 32.0 Å². The molecule has 3 heterocycles. The van der Waals surface area contributed by atoms with E-state index in [0.29, 0.717) is 53.6 Å². The van der Waals surface area contributed by atoms with E-state index < -0.39 is 0 Å². The van der Waals surface area contributed by atoms with Crippen LogP contribution in [0.25, 0.3) is 16.7 Å². The number of ether oxygens (including phenoxy) is 1. The minimum absolute atomic E-state index is 0.193. The van der Waals surface area contributed by atoms with Crippen molar-refractivity contribution in [3.63, 3.8) is 0 Å². The Labute approximate surface area is 180 Å². The topological polar surface area (TPSA) is 77.6 Å². The Hall–Kier alpha value is -3.45. The molecule has 0 bridgehead atoms. The minimum atomic E-state index is -0.277. The minimum Gasteiger partial charge on any atom is -0.385 e. The highest BCUT2D eigenvalue weighted by Gasteiger charge is 2.20. The fraction of sp³-hybridized carbons (Fsp3) is 0.292. The number of carbonyl (C=O) groups excluding carboxylic acids is 1. The Morgan fingerprint density at radius 2 is 1.94 bits per heavy atom. The summed E-state index contributed by atoms with van der Waals surface area (Å²) in [6.07, 6.45) is 2.38. The second-order valence-corrected chi connectivity index (χ2v) is 7.84. The van der Waals surface area contributed by atoms with Crippen molar-refractivity contribution >= 4 is 28.3 Å². The molecule has 3 aromatic heterocycles. The monoisotopic (exact) mass is 418 g/mol. The van der Waals surface area contributed by atoms with Gasteiger partial charge in [-0.15, -0.1) is 0 Å². The van der Waals surface area contributed by atoms with Gasteiger partial charge >= 0.3 is 0 Å². The molecule has 1 N–H and O–H groups in total. The highest BCUT2D eigenvalue weighted by atomic mass is 16.5. The van der Waals surface area contributed by atoms with E-state index in [2.05, 4.69) is 24.1 Å². The summed E-state index contributed by atoms with van der Waals surface area (Å²) in [6, 6.07) is 14.8. The zero-order valence-electron chi connectivity index (χ0n) is 18.0. The van der Waals surface area contributed by atoms with Crippen molar-refractivity contribution in [2.45, 2.75) is 32.7 Å². The number of aryl methyl sites for hydroxylation is 1. The number of methoxy groups -OCH3 is 1. The lowest BCUT2D eigenvalue weighted by atomic mass is 10.0. The number of fused-ring (bicyclic) bond motifs is 2. The number of amides is 1. The van der Waals surface area contributed by atoms with Crippen LogP contribution in [0.3, 0.4) is 0 Å². The van der Waals surface area contributed by atoms with Crippen LogP contribution in [0.5, 0.6) is 0 Å². The standard InChI is InChI=1S/C24H26N4O3/c1-16(2)17-8-10-18(11-9-17)25-23(29)20-15-19-22(27(20)13-6-14-31-3)26-21-7-4-5-12-28(21)24(19)30/h4-5,7-12,15-16H,6,13-14H2,1-3H3,(H,25,29). The third kappa shape index (κ3) is 4.09. The Balaban J connectivity index is 1.76. The van der Waals surface area contributed by atoms with Crippen molar-refractivity contribution in [1.82, 2.24) is 14.0 Å². The number of aromatic nitrogens is 3. The molecule has 0 spiro atoms. The Morgan fingerprint density at radius 3 is 2.65 bits per heavy atom. The molecule has 160 valence electrons. The van der Waals surface area contributed by atoms with Crippen LogP contribution in [-0.4, -0.2) is 33.6 Å². The Morgan fingerprint density at radius 1 is 1.16 bits per heavy atom. The zero-order chi connectivity index (χ0) is 22.0. The van der Waals surface area contributed by atoms with Crippen molar-refractivity contribution in [2.75, 3.05) is 19.0 Å². The molecule has 4 rings (SSSR count). The Kier molecular flexibility index (Phi) is 5.86. The highest BCUT2D eigenvalue weighted by Crippen LogP contribution is 2.21. The molecule has 31 heavy (non-hydrogen) atoms. The van der Waals surface area contributed by atoms with Crippen LogP contribution in [0.1, 0.15) is 42.2 Å². The van der Waals surface area contributed by atoms with Gasteiger partial charge in [0.05, 0.1) is 5.39 Å². The summed E-state index contributed by atoms with van der Waals surface area (Å²) in [5, 5.41) is 3.37. The molecule has 0 aliphatic carbocycles. The van der Waals surface area contributed by atoms with E-state index >= 15 is 0 Å². The summed E-state index contributed by atoms with van der Waals surface area (Å²) < 4.78 is 8.47. The lowest BCUT2D eigenvalue weighted by Crippen LogP contribution is -2.18. The van der Waals surface area contributed by atoms with Crippen LogP contribution in [0.15, 0.2) is 59.5 Å². The number of rotatable bonds is 7. The molecule has 7 heteroatoms. The van der Waals surface area contributed by atoms with E-state index in [9.17, 15) is 9.59 Å². The van der Waals surface area contributed by atoms with E-state index in [4.69, 9.17) is 4.74 Å². The predicted molar refractivity (Wildman–Crippen MR) is 122 cm³/mol. The molecule has 0 saturated heterocycles. The molecule has 7 nitrogen and oxygen atoms in total. The maximum absolute atomic E-state index is 13.2. The number of pyridine rings is 1. The normalized spacial score (nSPS) is 11.5. The molecule has 0 radical (unpaired) electrons. The quantitative estimate of drug-likeness (QED) is 0.459. The van der Waals surface area contributed by atoms with Gasteiger partial charge in [0, 0.05) is 32.1 Å². The first-order valence-corrected chi connectivity index (χ1v) is 10.4. The van der Waals surface area contributed by atoms with E-state index in [1.807, 2.05) is 30.3 Å². The van der Waals surface area contributed by atoms with Gasteiger partial charge in [0.1, 0.15) is 17.0 Å². The van der Waals surface area contributed by atoms with Gasteiger partial charge in [0.25, 0.3) is 11.5 Å². The first kappa shape index (κ1) is 20.8. The van der Waals surface area contributed by atoms with E-state index in [1.54, 1.807) is 36.1 Å². The molecular formula is C24H26N4O3. The van der Waals surface area contributed by atoms with E-state index in [1.165, 1.54) is 9.96 Å². The summed E-state index contributed by atoms with van der Waals surface area (Å²) >= 11 is 0. The fourth-order valence-corrected chi connectivity index (χ4v) is 3.68. The lowest BCUT2D eigenvalue weighted by Gasteiger charge is -2.12. The summed E-state index contributed by atoms with van der Waals surface area (Å²) in [6.45, 7) is 5.31. The molecule has 0 fully saturated rings.